The lowest BCUT2D eigenvalue weighted by atomic mass is 10.1. The topological polar surface area (TPSA) is 55.4 Å². The Morgan fingerprint density at radius 3 is 3.00 bits per heavy atom. The molecule has 1 heterocycles. The van der Waals surface area contributed by atoms with Gasteiger partial charge in [-0.2, -0.15) is 0 Å². The predicted molar refractivity (Wildman–Crippen MR) is 57.6 cm³/mol. The highest BCUT2D eigenvalue weighted by Gasteiger charge is 2.27. The summed E-state index contributed by atoms with van der Waals surface area (Å²) in [6, 6.07) is 5.26. The van der Waals surface area contributed by atoms with Crippen molar-refractivity contribution in [1.29, 1.82) is 0 Å². The molecule has 0 bridgehead atoms. The van der Waals surface area contributed by atoms with Gasteiger partial charge in [0.25, 0.3) is 0 Å². The Morgan fingerprint density at radius 2 is 2.35 bits per heavy atom. The van der Waals surface area contributed by atoms with Gasteiger partial charge < -0.3 is 10.1 Å². The molecular weight excluding hydrogens is 225 g/mol. The first-order valence-electron chi connectivity index (χ1n) is 5.35. The Hall–Kier alpha value is -1.91. The molecule has 0 radical (unpaired) electrons. The molecule has 90 valence electrons. The fourth-order valence-corrected chi connectivity index (χ4v) is 1.70. The van der Waals surface area contributed by atoms with Crippen LogP contribution in [-0.2, 0) is 20.7 Å². The fourth-order valence-electron chi connectivity index (χ4n) is 1.70. The zero-order valence-corrected chi connectivity index (χ0v) is 9.11. The molecule has 1 atom stereocenters. The van der Waals surface area contributed by atoms with E-state index in [-0.39, 0.29) is 18.1 Å². The van der Waals surface area contributed by atoms with E-state index in [0.717, 1.165) is 0 Å². The molecule has 1 aliphatic heterocycles. The summed E-state index contributed by atoms with van der Waals surface area (Å²) in [5.74, 6) is -1.09. The zero-order chi connectivity index (χ0) is 12.3. The molecular formula is C12H12FNO3. The number of halogens is 1. The van der Waals surface area contributed by atoms with Crippen LogP contribution in [0.3, 0.4) is 0 Å². The summed E-state index contributed by atoms with van der Waals surface area (Å²) in [5, 5.41) is 2.56. The number of benzene rings is 1. The Balaban J connectivity index is 1.91. The third kappa shape index (κ3) is 3.03. The van der Waals surface area contributed by atoms with Gasteiger partial charge in [0, 0.05) is 6.42 Å². The number of esters is 1. The molecule has 1 N–H and O–H groups in total. The average molecular weight is 237 g/mol. The van der Waals surface area contributed by atoms with Crippen LogP contribution in [0.1, 0.15) is 12.0 Å². The van der Waals surface area contributed by atoms with Crippen molar-refractivity contribution in [2.24, 2.45) is 0 Å². The van der Waals surface area contributed by atoms with Gasteiger partial charge in [-0.1, -0.05) is 12.1 Å². The summed E-state index contributed by atoms with van der Waals surface area (Å²) in [5.41, 5.74) is 0.578. The number of hydrogen-bond acceptors (Lipinski definition) is 3. The first-order valence-corrected chi connectivity index (χ1v) is 5.35. The number of ether oxygens (including phenoxy) is 1. The van der Waals surface area contributed by atoms with Gasteiger partial charge in [-0.05, 0) is 17.7 Å². The summed E-state index contributed by atoms with van der Waals surface area (Å²) in [6.45, 7) is 0.337. The SMILES string of the molecule is O=C(Cc1cccc(F)c1)NC1CCOC1=O. The minimum absolute atomic E-state index is 0.0571. The van der Waals surface area contributed by atoms with Crippen LogP contribution in [-0.4, -0.2) is 24.5 Å². The number of amides is 1. The lowest BCUT2D eigenvalue weighted by Crippen LogP contribution is -2.38. The van der Waals surface area contributed by atoms with Gasteiger partial charge in [-0.25, -0.2) is 9.18 Å². The van der Waals surface area contributed by atoms with E-state index in [1.807, 2.05) is 0 Å². The lowest BCUT2D eigenvalue weighted by Gasteiger charge is -2.08. The van der Waals surface area contributed by atoms with Crippen molar-refractivity contribution in [2.75, 3.05) is 6.61 Å². The molecule has 17 heavy (non-hydrogen) atoms. The van der Waals surface area contributed by atoms with Crippen molar-refractivity contribution in [1.82, 2.24) is 5.32 Å². The van der Waals surface area contributed by atoms with Crippen molar-refractivity contribution in [3.8, 4) is 0 Å². The summed E-state index contributed by atoms with van der Waals surface area (Å²) < 4.78 is 17.6. The van der Waals surface area contributed by atoms with Crippen molar-refractivity contribution < 1.29 is 18.7 Å². The van der Waals surface area contributed by atoms with E-state index >= 15 is 0 Å². The molecule has 5 heteroatoms. The molecule has 0 saturated carbocycles. The second kappa shape index (κ2) is 4.95. The van der Waals surface area contributed by atoms with Crippen molar-refractivity contribution >= 4 is 11.9 Å². The van der Waals surface area contributed by atoms with Gasteiger partial charge in [-0.15, -0.1) is 0 Å². The third-order valence-electron chi connectivity index (χ3n) is 2.52. The average Bonchev–Trinajstić information content (AvgIpc) is 2.64. The molecule has 2 rings (SSSR count). The molecule has 0 aromatic heterocycles. The Kier molecular flexibility index (Phi) is 3.37. The van der Waals surface area contributed by atoms with Gasteiger partial charge in [0.15, 0.2) is 0 Å². The molecule has 4 nitrogen and oxygen atoms in total. The van der Waals surface area contributed by atoms with Gasteiger partial charge in [0.2, 0.25) is 5.91 Å². The van der Waals surface area contributed by atoms with Crippen molar-refractivity contribution in [3.05, 3.63) is 35.6 Å². The molecule has 0 aliphatic carbocycles. The van der Waals surface area contributed by atoms with E-state index in [4.69, 9.17) is 4.74 Å². The molecule has 1 amide bonds. The molecule has 1 unspecified atom stereocenters. The van der Waals surface area contributed by atoms with Gasteiger partial charge in [0.1, 0.15) is 11.9 Å². The Labute approximate surface area is 97.8 Å². The van der Waals surface area contributed by atoms with Crippen LogP contribution in [0, 0.1) is 5.82 Å². The first-order chi connectivity index (χ1) is 8.15. The third-order valence-corrected chi connectivity index (χ3v) is 2.52. The lowest BCUT2D eigenvalue weighted by molar-refractivity contribution is -0.141. The number of carbonyl (C=O) groups is 2. The number of rotatable bonds is 3. The number of cyclic esters (lactones) is 1. The van der Waals surface area contributed by atoms with Crippen LogP contribution >= 0.6 is 0 Å². The minimum Gasteiger partial charge on any atom is -0.464 e. The first kappa shape index (κ1) is 11.6. The number of hydrogen-bond donors (Lipinski definition) is 1. The van der Waals surface area contributed by atoms with Gasteiger partial charge in [-0.3, -0.25) is 4.79 Å². The molecule has 1 saturated heterocycles. The second-order valence-corrected chi connectivity index (χ2v) is 3.88. The standard InChI is InChI=1S/C12H12FNO3/c13-9-3-1-2-8(6-9)7-11(15)14-10-4-5-17-12(10)16/h1-3,6,10H,4-5,7H2,(H,14,15). The maximum atomic E-state index is 12.9. The largest absolute Gasteiger partial charge is 0.464 e. The van der Waals surface area contributed by atoms with Crippen LogP contribution in [0.2, 0.25) is 0 Å². The maximum Gasteiger partial charge on any atom is 0.328 e. The van der Waals surface area contributed by atoms with E-state index in [1.54, 1.807) is 12.1 Å². The monoisotopic (exact) mass is 237 g/mol. The quantitative estimate of drug-likeness (QED) is 0.791. The van der Waals surface area contributed by atoms with E-state index in [0.29, 0.717) is 18.6 Å². The van der Waals surface area contributed by atoms with Crippen LogP contribution in [0.5, 0.6) is 0 Å². The molecule has 1 aliphatic rings. The highest BCUT2D eigenvalue weighted by atomic mass is 19.1. The Bertz CT molecular complexity index is 447. The smallest absolute Gasteiger partial charge is 0.328 e. The maximum absolute atomic E-state index is 12.9. The molecule has 1 aromatic rings. The minimum atomic E-state index is -0.559. The molecule has 0 spiro atoms. The summed E-state index contributed by atoms with van der Waals surface area (Å²) in [4.78, 5) is 22.7. The molecule has 1 aromatic carbocycles. The van der Waals surface area contributed by atoms with Crippen molar-refractivity contribution in [2.45, 2.75) is 18.9 Å². The summed E-state index contributed by atoms with van der Waals surface area (Å²) in [6.07, 6.45) is 0.551. The van der Waals surface area contributed by atoms with Gasteiger partial charge >= 0.3 is 5.97 Å². The van der Waals surface area contributed by atoms with E-state index in [9.17, 15) is 14.0 Å². The number of nitrogens with one attached hydrogen (secondary N) is 1. The highest BCUT2D eigenvalue weighted by Crippen LogP contribution is 2.07. The molecule has 1 fully saturated rings. The number of carbonyl (C=O) groups excluding carboxylic acids is 2. The second-order valence-electron chi connectivity index (χ2n) is 3.88. The van der Waals surface area contributed by atoms with Crippen molar-refractivity contribution in [3.63, 3.8) is 0 Å². The summed E-state index contributed by atoms with van der Waals surface area (Å²) in [7, 11) is 0. The Morgan fingerprint density at radius 1 is 1.53 bits per heavy atom. The zero-order valence-electron chi connectivity index (χ0n) is 9.11. The van der Waals surface area contributed by atoms with Crippen LogP contribution in [0.25, 0.3) is 0 Å². The van der Waals surface area contributed by atoms with E-state index in [2.05, 4.69) is 5.32 Å². The van der Waals surface area contributed by atoms with Crippen LogP contribution in [0.4, 0.5) is 4.39 Å². The van der Waals surface area contributed by atoms with Crippen LogP contribution in [0.15, 0.2) is 24.3 Å². The van der Waals surface area contributed by atoms with Crippen LogP contribution < -0.4 is 5.32 Å². The van der Waals surface area contributed by atoms with E-state index in [1.165, 1.54) is 12.1 Å². The predicted octanol–water partition coefficient (Wildman–Crippen LogP) is 0.800. The normalized spacial score (nSPS) is 18.9. The highest BCUT2D eigenvalue weighted by molar-refractivity contribution is 5.86. The van der Waals surface area contributed by atoms with E-state index < -0.39 is 12.0 Å². The fraction of sp³-hybridized carbons (Fsp3) is 0.333. The van der Waals surface area contributed by atoms with Gasteiger partial charge in [0.05, 0.1) is 13.0 Å². The summed E-state index contributed by atoms with van der Waals surface area (Å²) >= 11 is 0.